The van der Waals surface area contributed by atoms with E-state index in [1.165, 1.54) is 103 Å². The summed E-state index contributed by atoms with van der Waals surface area (Å²) in [6, 6.07) is 0.0230. The zero-order valence-corrected chi connectivity index (χ0v) is 54.6. The van der Waals surface area contributed by atoms with E-state index in [-0.39, 0.29) is 79.8 Å². The van der Waals surface area contributed by atoms with Crippen molar-refractivity contribution >= 4 is 54.0 Å². The second-order valence-electron chi connectivity index (χ2n) is 21.1. The van der Waals surface area contributed by atoms with E-state index >= 15 is 0 Å². The predicted octanol–water partition coefficient (Wildman–Crippen LogP) is 17.1. The smallest absolute Gasteiger partial charge is 0.407 e. The number of aldehydes is 2. The molecular weight excluding hydrogens is 1030 g/mol. The van der Waals surface area contributed by atoms with Gasteiger partial charge >= 0.3 is 24.0 Å². The van der Waals surface area contributed by atoms with Crippen molar-refractivity contribution in [3.05, 3.63) is 0 Å². The molecule has 0 rings (SSSR count). The van der Waals surface area contributed by atoms with Gasteiger partial charge in [-0.2, -0.15) is 0 Å². The number of carbonyl (C=O) groups is 7. The van der Waals surface area contributed by atoms with Crippen LogP contribution in [-0.2, 0) is 57.2 Å². The lowest BCUT2D eigenvalue weighted by Gasteiger charge is -2.22. The monoisotopic (exact) mass is 1150 g/mol. The Morgan fingerprint density at radius 3 is 1.15 bits per heavy atom. The van der Waals surface area contributed by atoms with Crippen molar-refractivity contribution in [1.82, 2.24) is 5.32 Å². The van der Waals surface area contributed by atoms with Gasteiger partial charge in [-0.15, -0.1) is 11.6 Å². The minimum atomic E-state index is -0.449. The fraction of sp³-hybridized carbons (Fsp3) is 0.891. The molecule has 0 bridgehead atoms. The maximum atomic E-state index is 12.4. The zero-order chi connectivity index (χ0) is 61.2. The Morgan fingerprint density at radius 2 is 0.835 bits per heavy atom. The molecule has 14 nitrogen and oxygen atoms in total. The van der Waals surface area contributed by atoms with Gasteiger partial charge < -0.3 is 43.3 Å². The largest absolute Gasteiger partial charge is 0.465 e. The number of ketones is 1. The van der Waals surface area contributed by atoms with Crippen LogP contribution in [0, 0.1) is 17.8 Å². The number of methoxy groups -OCH3 is 2. The molecule has 0 aromatic rings. The first-order valence-electron chi connectivity index (χ1n) is 31.2. The highest BCUT2D eigenvalue weighted by Crippen LogP contribution is 2.16. The van der Waals surface area contributed by atoms with Gasteiger partial charge in [0.2, 0.25) is 0 Å². The molecule has 3 atom stereocenters. The molecule has 15 heteroatoms. The fourth-order valence-electron chi connectivity index (χ4n) is 7.38. The first-order valence-corrected chi connectivity index (χ1v) is 32.0. The summed E-state index contributed by atoms with van der Waals surface area (Å²) < 4.78 is 31.1. The van der Waals surface area contributed by atoms with Crippen LogP contribution in [0.3, 0.4) is 0 Å². The molecule has 1 amide bonds. The molecule has 0 fully saturated rings. The zero-order valence-electron chi connectivity index (χ0n) is 53.8. The molecule has 3 unspecified atom stereocenters. The van der Waals surface area contributed by atoms with Crippen LogP contribution in [0.2, 0.25) is 0 Å². The van der Waals surface area contributed by atoms with Gasteiger partial charge in [0.25, 0.3) is 0 Å². The van der Waals surface area contributed by atoms with Crippen molar-refractivity contribution in [3.63, 3.8) is 0 Å². The fourth-order valence-corrected chi connectivity index (χ4v) is 7.38. The predicted molar refractivity (Wildman–Crippen MR) is 328 cm³/mol. The minimum absolute atomic E-state index is 0.0176. The molecule has 0 aliphatic carbocycles. The van der Waals surface area contributed by atoms with E-state index in [1.807, 2.05) is 55.4 Å². The average molecular weight is 1150 g/mol. The highest BCUT2D eigenvalue weighted by atomic mass is 35.5. The lowest BCUT2D eigenvalue weighted by Crippen LogP contribution is -2.40. The van der Waals surface area contributed by atoms with E-state index in [2.05, 4.69) is 44.6 Å². The number of carbonyl (C=O) groups excluding carboxylic acids is 7. The normalized spacial score (nSPS) is 11.6. The van der Waals surface area contributed by atoms with E-state index in [1.54, 1.807) is 14.2 Å². The molecule has 0 heterocycles. The first-order chi connectivity index (χ1) is 38.0. The van der Waals surface area contributed by atoms with Gasteiger partial charge in [-0.25, -0.2) is 4.79 Å². The third-order valence-electron chi connectivity index (χ3n) is 12.4. The number of nitrogens with one attached hydrogen (secondary N) is 1. The summed E-state index contributed by atoms with van der Waals surface area (Å²) in [6.45, 7) is 25.7. The summed E-state index contributed by atoms with van der Waals surface area (Å²) in [4.78, 5) is 79.7. The first kappa shape index (κ1) is 87.1. The van der Waals surface area contributed by atoms with Crippen LogP contribution in [0.5, 0.6) is 0 Å². The average Bonchev–Trinajstić information content (AvgIpc) is 3.43. The number of hydrogen-bond acceptors (Lipinski definition) is 13. The van der Waals surface area contributed by atoms with Crippen molar-refractivity contribution in [2.45, 2.75) is 300 Å². The van der Waals surface area contributed by atoms with Crippen LogP contribution < -0.4 is 5.32 Å². The van der Waals surface area contributed by atoms with Crippen molar-refractivity contribution < 1.29 is 62.0 Å². The van der Waals surface area contributed by atoms with E-state index in [0.29, 0.717) is 38.9 Å². The van der Waals surface area contributed by atoms with Crippen LogP contribution >= 0.6 is 11.6 Å². The number of rotatable bonds is 46. The molecule has 0 radical (unpaired) electrons. The third kappa shape index (κ3) is 74.9. The lowest BCUT2D eigenvalue weighted by atomic mass is 9.94. The van der Waals surface area contributed by atoms with Crippen LogP contribution in [0.1, 0.15) is 289 Å². The standard InChI is InChI=1S/C27H50O5.C15H28O4.C10H21NO3.C9H18O.C2H6.CH3Cl/c1-5-8-10-12-14-16-18-26(29)31-21-24(20-25(28)23(4)7-3)22-32-27(30)19-17-15-13-11-9-6-2;1-3-4-5-6-7-8-9-15(17)19-13-14(10-11-16)12-18-2;1-6-8(7-13-5)11-9(12)14-10(2,3)4;1-2-3-4-5-6-7-8-9-10;2*1-2/h23-24H,5-22H2,1-4H3;11,14H,3-10,12-13H2,1-2H3;8H,6-7H2,1-5H3,(H,11,12);9H,2-8H2,1H3;1-2H3;1H3. The Hall–Kier alpha value is -3.10. The number of amides is 1. The number of esters is 3. The maximum Gasteiger partial charge on any atom is 0.407 e. The van der Waals surface area contributed by atoms with Gasteiger partial charge in [0.1, 0.15) is 24.0 Å². The quantitative estimate of drug-likeness (QED) is 0.0200. The lowest BCUT2D eigenvalue weighted by molar-refractivity contribution is -0.150. The maximum absolute atomic E-state index is 12.4. The van der Waals surface area contributed by atoms with Crippen LogP contribution in [-0.4, -0.2) is 108 Å². The molecule has 0 aromatic heterocycles. The molecule has 0 aromatic carbocycles. The van der Waals surface area contributed by atoms with Crippen molar-refractivity contribution in [1.29, 1.82) is 0 Å². The van der Waals surface area contributed by atoms with Gasteiger partial charge in [-0.3, -0.25) is 19.2 Å². The number of hydrogen-bond donors (Lipinski definition) is 1. The molecule has 0 saturated heterocycles. The Kier molecular flexibility index (Phi) is 78.3. The number of ether oxygens (including phenoxy) is 6. The molecule has 1 N–H and O–H groups in total. The number of unbranched alkanes of at least 4 members (excludes halogenated alkanes) is 21. The molecule has 0 saturated carbocycles. The molecule has 0 aliphatic rings. The summed E-state index contributed by atoms with van der Waals surface area (Å²) in [5.41, 5.74) is -0.449. The second kappa shape index (κ2) is 71.0. The topological polar surface area (TPSA) is 187 Å². The van der Waals surface area contributed by atoms with E-state index in [9.17, 15) is 33.6 Å². The number of halogens is 1. The highest BCUT2D eigenvalue weighted by Gasteiger charge is 2.22. The molecule has 472 valence electrons. The summed E-state index contributed by atoms with van der Waals surface area (Å²) in [5, 5.41) is 2.74. The van der Waals surface area contributed by atoms with Gasteiger partial charge in [0.05, 0.1) is 39.1 Å². The summed E-state index contributed by atoms with van der Waals surface area (Å²) in [6.07, 6.45) is 35.2. The Morgan fingerprint density at radius 1 is 0.481 bits per heavy atom. The van der Waals surface area contributed by atoms with Crippen LogP contribution in [0.4, 0.5) is 4.79 Å². The molecule has 79 heavy (non-hydrogen) atoms. The van der Waals surface area contributed by atoms with Crippen molar-refractivity contribution in [2.24, 2.45) is 17.8 Å². The van der Waals surface area contributed by atoms with Gasteiger partial charge in [-0.1, -0.05) is 191 Å². The summed E-state index contributed by atoms with van der Waals surface area (Å²) in [5.74, 6) is -0.789. The van der Waals surface area contributed by atoms with E-state index in [4.69, 9.17) is 28.4 Å². The second-order valence-corrected chi connectivity index (χ2v) is 21.1. The molecule has 0 aliphatic heterocycles. The van der Waals surface area contributed by atoms with Gasteiger partial charge in [0.15, 0.2) is 0 Å². The van der Waals surface area contributed by atoms with Gasteiger partial charge in [0, 0.05) is 76.9 Å². The van der Waals surface area contributed by atoms with Gasteiger partial charge in [-0.05, 0) is 59.3 Å². The van der Waals surface area contributed by atoms with E-state index in [0.717, 1.165) is 89.6 Å². The number of Topliss-reactive ketones (excluding diaryl/α,β-unsaturated/α-hetero) is 1. The minimum Gasteiger partial charge on any atom is -0.465 e. The third-order valence-corrected chi connectivity index (χ3v) is 12.4. The summed E-state index contributed by atoms with van der Waals surface area (Å²) in [7, 11) is 3.19. The number of alkyl halides is 1. The highest BCUT2D eigenvalue weighted by molar-refractivity contribution is 6.15. The number of alkyl carbamates (subject to hydrolysis) is 1. The Labute approximate surface area is 490 Å². The van der Waals surface area contributed by atoms with Crippen LogP contribution in [0.25, 0.3) is 0 Å². The SMILES string of the molecule is CC.CCC(COC)NC(=O)OC(C)(C)C.CCCCCCCCC(=O)OCC(CC=O)COC.CCCCCCCCC(=O)OCC(COC(=O)CCCCCCCC)CC(=O)C(C)CC.CCCCCCCCC=O.CCl. The summed E-state index contributed by atoms with van der Waals surface area (Å²) >= 11 is 4.64. The van der Waals surface area contributed by atoms with Crippen molar-refractivity contribution in [2.75, 3.05) is 53.6 Å². The Bertz CT molecular complexity index is 1300. The van der Waals surface area contributed by atoms with Crippen LogP contribution in [0.15, 0.2) is 0 Å². The molecule has 0 spiro atoms. The van der Waals surface area contributed by atoms with Crippen molar-refractivity contribution in [3.8, 4) is 0 Å². The molecular formula is C64H126ClNO13. The van der Waals surface area contributed by atoms with E-state index < -0.39 is 5.60 Å². The Balaban J connectivity index is -0.000000240.